The van der Waals surface area contributed by atoms with E-state index in [9.17, 15) is 14.7 Å². The number of pyridine rings is 1. The number of aromatic nitrogens is 3. The highest BCUT2D eigenvalue weighted by molar-refractivity contribution is 7.99. The molecule has 8 atom stereocenters. The minimum absolute atomic E-state index is 0.0323. The maximum absolute atomic E-state index is 13.6. The summed E-state index contributed by atoms with van der Waals surface area (Å²) in [4.78, 5) is 27.1. The quantitative estimate of drug-likeness (QED) is 0.136. The lowest BCUT2D eigenvalue weighted by molar-refractivity contribution is -0.688. The predicted molar refractivity (Wildman–Crippen MR) is 176 cm³/mol. The third-order valence-corrected chi connectivity index (χ3v) is 12.7. The average molecular weight is 656 g/mol. The Kier molecular flexibility index (Phi) is 8.92. The van der Waals surface area contributed by atoms with Crippen LogP contribution in [0.25, 0.3) is 11.5 Å². The highest BCUT2D eigenvalue weighted by atomic mass is 32.2. The van der Waals surface area contributed by atoms with Crippen molar-refractivity contribution in [2.24, 2.45) is 34.0 Å². The molecule has 47 heavy (non-hydrogen) atoms. The van der Waals surface area contributed by atoms with Crippen molar-refractivity contribution in [2.45, 2.75) is 83.8 Å². The number of rotatable bonds is 8. The summed E-state index contributed by atoms with van der Waals surface area (Å²) in [5, 5.41) is 29.3. The van der Waals surface area contributed by atoms with E-state index in [1.165, 1.54) is 0 Å². The Labute approximate surface area is 280 Å². The Balaban J connectivity index is 1.14. The zero-order valence-electron chi connectivity index (χ0n) is 27.5. The molecule has 1 aromatic carbocycles. The van der Waals surface area contributed by atoms with Gasteiger partial charge in [0.1, 0.15) is 17.6 Å². The number of carbonyl (C=O) groups excluding carboxylic acids is 2. The molecular formula is C37H43N4O5S+. The van der Waals surface area contributed by atoms with Crippen LogP contribution >= 0.6 is 11.8 Å². The second-order valence-corrected chi connectivity index (χ2v) is 15.2. The van der Waals surface area contributed by atoms with Gasteiger partial charge in [0.25, 0.3) is 5.22 Å². The molecule has 0 spiro atoms. The number of hydrogen-bond acceptors (Lipinski definition) is 9. The SMILES string of the molecule is C=C[C@]1(C)C[C@@H](OC(=O)CSc2nnc(-c3cc[n+](Cc4ccc(C#N)cc4)cc3)o2)[C@]2(C)[C@H](C)CC[C@]3(CCC(=O)[C@H]32)[C@@H](C)[C@@H]1O. The lowest BCUT2D eigenvalue weighted by atomic mass is 9.44. The number of aliphatic hydroxyl groups is 1. The van der Waals surface area contributed by atoms with Gasteiger partial charge in [-0.3, -0.25) is 9.59 Å². The molecule has 10 heteroatoms. The first kappa shape index (κ1) is 33.1. The van der Waals surface area contributed by atoms with E-state index >= 15 is 0 Å². The van der Waals surface area contributed by atoms with Gasteiger partial charge in [-0.2, -0.15) is 5.26 Å². The zero-order chi connectivity index (χ0) is 33.6. The second-order valence-electron chi connectivity index (χ2n) is 14.3. The Hall–Kier alpha value is -3.81. The van der Waals surface area contributed by atoms with Gasteiger partial charge in [-0.25, -0.2) is 4.57 Å². The number of aliphatic hydroxyl groups excluding tert-OH is 1. The molecular weight excluding hydrogens is 612 g/mol. The summed E-state index contributed by atoms with van der Waals surface area (Å²) >= 11 is 1.12. The molecule has 1 N–H and O–H groups in total. The molecule has 0 unspecified atom stereocenters. The smallest absolute Gasteiger partial charge is 0.316 e. The van der Waals surface area contributed by atoms with Crippen molar-refractivity contribution in [3.05, 3.63) is 72.6 Å². The number of esters is 1. The summed E-state index contributed by atoms with van der Waals surface area (Å²) in [5.74, 6) is -0.0639. The molecule has 0 amide bonds. The number of carbonyl (C=O) groups is 2. The van der Waals surface area contributed by atoms with Gasteiger partial charge in [0.2, 0.25) is 5.89 Å². The molecule has 0 saturated heterocycles. The van der Waals surface area contributed by atoms with Crippen LogP contribution in [-0.2, 0) is 20.9 Å². The maximum atomic E-state index is 13.6. The number of ketones is 1. The summed E-state index contributed by atoms with van der Waals surface area (Å²) < 4.78 is 14.2. The van der Waals surface area contributed by atoms with Crippen molar-refractivity contribution in [1.29, 1.82) is 5.26 Å². The fourth-order valence-electron chi connectivity index (χ4n) is 8.80. The summed E-state index contributed by atoms with van der Waals surface area (Å²) in [6, 6.07) is 13.4. The van der Waals surface area contributed by atoms with Crippen molar-refractivity contribution in [3.63, 3.8) is 0 Å². The molecule has 3 fully saturated rings. The molecule has 2 bridgehead atoms. The van der Waals surface area contributed by atoms with Gasteiger partial charge in [0.05, 0.1) is 23.3 Å². The first-order valence-electron chi connectivity index (χ1n) is 16.4. The van der Waals surface area contributed by atoms with Gasteiger partial charge in [-0.05, 0) is 55.1 Å². The fourth-order valence-corrected chi connectivity index (χ4v) is 9.35. The highest BCUT2D eigenvalue weighted by Crippen LogP contribution is 2.68. The summed E-state index contributed by atoms with van der Waals surface area (Å²) in [5.41, 5.74) is 0.886. The first-order chi connectivity index (χ1) is 22.4. The summed E-state index contributed by atoms with van der Waals surface area (Å²) in [6.45, 7) is 13.1. The van der Waals surface area contributed by atoms with E-state index in [1.54, 1.807) is 18.2 Å². The van der Waals surface area contributed by atoms with Crippen molar-refractivity contribution in [1.82, 2.24) is 10.2 Å². The molecule has 9 nitrogen and oxygen atoms in total. The minimum Gasteiger partial charge on any atom is -0.461 e. The van der Waals surface area contributed by atoms with Gasteiger partial charge in [-0.1, -0.05) is 57.7 Å². The van der Waals surface area contributed by atoms with Crippen LogP contribution in [0.2, 0.25) is 0 Å². The van der Waals surface area contributed by atoms with Crippen molar-refractivity contribution < 1.29 is 28.4 Å². The molecule has 2 aromatic heterocycles. The van der Waals surface area contributed by atoms with E-state index < -0.39 is 29.0 Å². The number of Topliss-reactive ketones (excluding diaryl/α,β-unsaturated/α-hetero) is 1. The van der Waals surface area contributed by atoms with Crippen LogP contribution in [0.5, 0.6) is 0 Å². The molecule has 246 valence electrons. The van der Waals surface area contributed by atoms with E-state index in [-0.39, 0.29) is 39.9 Å². The second kappa shape index (κ2) is 12.7. The third kappa shape index (κ3) is 5.82. The third-order valence-electron chi connectivity index (χ3n) is 11.9. The Morgan fingerprint density at radius 2 is 1.91 bits per heavy atom. The van der Waals surface area contributed by atoms with Crippen molar-refractivity contribution in [3.8, 4) is 17.5 Å². The average Bonchev–Trinajstić information content (AvgIpc) is 3.70. The zero-order valence-corrected chi connectivity index (χ0v) is 28.3. The molecule has 3 saturated carbocycles. The summed E-state index contributed by atoms with van der Waals surface area (Å²) in [7, 11) is 0. The first-order valence-corrected chi connectivity index (χ1v) is 17.4. The van der Waals surface area contributed by atoms with Crippen LogP contribution in [0.15, 0.2) is 71.1 Å². The fraction of sp³-hybridized carbons (Fsp3) is 0.514. The lowest BCUT2D eigenvalue weighted by Gasteiger charge is -2.61. The van der Waals surface area contributed by atoms with E-state index in [2.05, 4.69) is 43.6 Å². The lowest BCUT2D eigenvalue weighted by Crippen LogP contribution is -2.63. The number of hydrogen-bond donors (Lipinski definition) is 1. The van der Waals surface area contributed by atoms with Gasteiger partial charge in [-0.15, -0.1) is 16.8 Å². The molecule has 3 aliphatic rings. The monoisotopic (exact) mass is 655 g/mol. The van der Waals surface area contributed by atoms with Gasteiger partial charge in [0, 0.05) is 40.9 Å². The molecule has 3 aromatic rings. The van der Waals surface area contributed by atoms with Crippen LogP contribution in [0, 0.1) is 45.3 Å². The highest BCUT2D eigenvalue weighted by Gasteiger charge is 2.68. The van der Waals surface area contributed by atoms with Gasteiger partial charge < -0.3 is 14.3 Å². The largest absolute Gasteiger partial charge is 0.461 e. The Morgan fingerprint density at radius 1 is 1.19 bits per heavy atom. The van der Waals surface area contributed by atoms with Crippen molar-refractivity contribution in [2.75, 3.05) is 5.75 Å². The number of nitrogens with zero attached hydrogens (tertiary/aromatic N) is 4. The standard InChI is InChI=1S/C37H43N4O5S/c1-6-35(4)19-29(36(5)23(2)11-15-37(24(3)32(35)44)16-12-28(42)31(36)37)45-30(43)22-47-34-40-39-33(46-34)27-13-17-41(18-14-27)21-26-9-7-25(20-38)8-10-26/h6-10,13-14,17-18,23-24,29,31-32,44H,1,11-12,15-16,19,21-22H2,2-5H3/q+1/t23-,24+,29-,31+,32+,35-,36+,37+/m1/s1. The number of thioether (sulfide) groups is 1. The summed E-state index contributed by atoms with van der Waals surface area (Å²) in [6.07, 6.45) is 7.84. The normalized spacial score (nSPS) is 33.3. The molecule has 6 rings (SSSR count). The Bertz CT molecular complexity index is 1700. The van der Waals surface area contributed by atoms with Crippen LogP contribution in [-0.4, -0.2) is 45.0 Å². The number of benzene rings is 1. The van der Waals surface area contributed by atoms with Crippen molar-refractivity contribution >= 4 is 23.5 Å². The van der Waals surface area contributed by atoms with E-state index in [1.807, 2.05) is 48.1 Å². The van der Waals surface area contributed by atoms with E-state index in [0.717, 1.165) is 42.2 Å². The van der Waals surface area contributed by atoms with Gasteiger partial charge in [0.15, 0.2) is 18.9 Å². The van der Waals surface area contributed by atoms with Crippen LogP contribution in [0.1, 0.15) is 70.9 Å². The molecule has 3 aliphatic carbocycles. The number of nitriles is 1. The van der Waals surface area contributed by atoms with E-state index in [4.69, 9.17) is 14.4 Å². The van der Waals surface area contributed by atoms with Crippen LogP contribution in [0.3, 0.4) is 0 Å². The topological polar surface area (TPSA) is 130 Å². The Morgan fingerprint density at radius 3 is 2.60 bits per heavy atom. The van der Waals surface area contributed by atoms with E-state index in [0.29, 0.717) is 30.8 Å². The minimum atomic E-state index is -0.706. The molecule has 0 radical (unpaired) electrons. The maximum Gasteiger partial charge on any atom is 0.316 e. The van der Waals surface area contributed by atoms with Gasteiger partial charge >= 0.3 is 5.97 Å². The predicted octanol–water partition coefficient (Wildman–Crippen LogP) is 5.94. The number of ether oxygens (including phenoxy) is 1. The van der Waals surface area contributed by atoms with Crippen LogP contribution in [0.4, 0.5) is 0 Å². The molecule has 2 heterocycles. The molecule has 0 aliphatic heterocycles. The van der Waals surface area contributed by atoms with Crippen LogP contribution < -0.4 is 4.57 Å².